The van der Waals surface area contributed by atoms with Crippen molar-refractivity contribution in [2.75, 3.05) is 6.26 Å². The molecule has 2 nitrogen and oxygen atoms in total. The van der Waals surface area contributed by atoms with Gasteiger partial charge in [0.25, 0.3) is 0 Å². The molecule has 2 heterocycles. The van der Waals surface area contributed by atoms with E-state index in [9.17, 15) is 5.11 Å². The second-order valence-electron chi connectivity index (χ2n) is 3.17. The Bertz CT molecular complexity index is 368. The second kappa shape index (κ2) is 4.99. The highest BCUT2D eigenvalue weighted by molar-refractivity contribution is 8.01. The number of hydrogen-bond acceptors (Lipinski definition) is 4. The van der Waals surface area contributed by atoms with Gasteiger partial charge in [0, 0.05) is 5.57 Å². The van der Waals surface area contributed by atoms with Crippen LogP contribution in [-0.2, 0) is 4.74 Å². The summed E-state index contributed by atoms with van der Waals surface area (Å²) in [5.41, 5.74) is 1.94. The fourth-order valence-corrected chi connectivity index (χ4v) is 2.39. The standard InChI is InChI=1S/C11H12O2S2/c1-14-4-2-8-6-10(13-11(8)12)9-3-5-15-7-9/h2-7,10-12H,1H3/b4-2-. The average Bonchev–Trinajstić information content (AvgIpc) is 2.83. The molecule has 0 saturated carbocycles. The predicted molar refractivity (Wildman–Crippen MR) is 64.9 cm³/mol. The quantitative estimate of drug-likeness (QED) is 0.881. The molecule has 2 unspecified atom stereocenters. The average molecular weight is 240 g/mol. The molecule has 1 aromatic heterocycles. The zero-order valence-electron chi connectivity index (χ0n) is 8.29. The van der Waals surface area contributed by atoms with Crippen LogP contribution in [0.1, 0.15) is 11.7 Å². The molecule has 1 N–H and O–H groups in total. The topological polar surface area (TPSA) is 29.5 Å². The van der Waals surface area contributed by atoms with Crippen molar-refractivity contribution >= 4 is 23.1 Å². The van der Waals surface area contributed by atoms with Crippen LogP contribution < -0.4 is 0 Å². The number of aliphatic hydroxyl groups excluding tert-OH is 1. The third-order valence-corrected chi connectivity index (χ3v) is 3.28. The lowest BCUT2D eigenvalue weighted by molar-refractivity contribution is -0.0787. The van der Waals surface area contributed by atoms with E-state index in [4.69, 9.17) is 4.74 Å². The Morgan fingerprint density at radius 1 is 1.60 bits per heavy atom. The molecular formula is C11H12O2S2. The first kappa shape index (κ1) is 11.0. The summed E-state index contributed by atoms with van der Waals surface area (Å²) in [4.78, 5) is 0. The Balaban J connectivity index is 2.13. The van der Waals surface area contributed by atoms with E-state index in [1.165, 1.54) is 0 Å². The van der Waals surface area contributed by atoms with Crippen molar-refractivity contribution in [1.29, 1.82) is 0 Å². The first-order valence-electron chi connectivity index (χ1n) is 4.58. The van der Waals surface area contributed by atoms with Gasteiger partial charge in [0.15, 0.2) is 6.29 Å². The van der Waals surface area contributed by atoms with Crippen LogP contribution in [0.25, 0.3) is 0 Å². The third kappa shape index (κ3) is 2.52. The van der Waals surface area contributed by atoms with Gasteiger partial charge in [-0.2, -0.15) is 11.3 Å². The van der Waals surface area contributed by atoms with E-state index in [0.717, 1.165) is 11.1 Å². The van der Waals surface area contributed by atoms with Crippen LogP contribution in [0, 0.1) is 0 Å². The Morgan fingerprint density at radius 2 is 2.47 bits per heavy atom. The summed E-state index contributed by atoms with van der Waals surface area (Å²) in [6.45, 7) is 0. The van der Waals surface area contributed by atoms with E-state index in [2.05, 4.69) is 0 Å². The van der Waals surface area contributed by atoms with Gasteiger partial charge in [-0.15, -0.1) is 11.8 Å². The highest BCUT2D eigenvalue weighted by atomic mass is 32.2. The maximum absolute atomic E-state index is 9.64. The largest absolute Gasteiger partial charge is 0.364 e. The molecule has 0 radical (unpaired) electrons. The van der Waals surface area contributed by atoms with E-state index in [1.54, 1.807) is 23.1 Å². The van der Waals surface area contributed by atoms with Crippen LogP contribution in [0.4, 0.5) is 0 Å². The molecule has 0 fully saturated rings. The summed E-state index contributed by atoms with van der Waals surface area (Å²) in [5.74, 6) is 0. The fourth-order valence-electron chi connectivity index (χ4n) is 1.41. The van der Waals surface area contributed by atoms with E-state index in [-0.39, 0.29) is 6.10 Å². The van der Waals surface area contributed by atoms with E-state index in [0.29, 0.717) is 0 Å². The van der Waals surface area contributed by atoms with Crippen LogP contribution in [-0.4, -0.2) is 17.7 Å². The van der Waals surface area contributed by atoms with Crippen LogP contribution in [0.2, 0.25) is 0 Å². The number of ether oxygens (including phenoxy) is 1. The number of thioether (sulfide) groups is 1. The minimum absolute atomic E-state index is 0.104. The molecule has 0 spiro atoms. The Labute approximate surface area is 97.3 Å². The zero-order valence-corrected chi connectivity index (χ0v) is 9.92. The van der Waals surface area contributed by atoms with E-state index < -0.39 is 6.29 Å². The summed E-state index contributed by atoms with van der Waals surface area (Å²) in [7, 11) is 0. The Hall–Kier alpha value is -0.550. The van der Waals surface area contributed by atoms with Crippen LogP contribution in [0.5, 0.6) is 0 Å². The third-order valence-electron chi connectivity index (χ3n) is 2.17. The van der Waals surface area contributed by atoms with Crippen molar-refractivity contribution in [3.8, 4) is 0 Å². The lowest BCUT2D eigenvalue weighted by atomic mass is 10.1. The number of rotatable bonds is 3. The van der Waals surface area contributed by atoms with E-state index in [1.807, 2.05) is 40.6 Å². The van der Waals surface area contributed by atoms with Gasteiger partial charge < -0.3 is 9.84 Å². The molecule has 1 aliphatic rings. The summed E-state index contributed by atoms with van der Waals surface area (Å²) in [5, 5.41) is 15.6. The van der Waals surface area contributed by atoms with Gasteiger partial charge in [-0.25, -0.2) is 0 Å². The highest BCUT2D eigenvalue weighted by Gasteiger charge is 2.24. The zero-order chi connectivity index (χ0) is 10.7. The van der Waals surface area contributed by atoms with Crippen molar-refractivity contribution in [2.45, 2.75) is 12.4 Å². The first-order valence-corrected chi connectivity index (χ1v) is 6.81. The Kier molecular flexibility index (Phi) is 3.64. The number of hydrogen-bond donors (Lipinski definition) is 1. The predicted octanol–water partition coefficient (Wildman–Crippen LogP) is 2.94. The SMILES string of the molecule is CS/C=C\C1=CC(c2ccsc2)OC1O. The molecule has 1 aromatic rings. The number of thiophene rings is 1. The summed E-state index contributed by atoms with van der Waals surface area (Å²) < 4.78 is 5.42. The van der Waals surface area contributed by atoms with Crippen molar-refractivity contribution in [3.63, 3.8) is 0 Å². The number of aliphatic hydroxyl groups is 1. The lowest BCUT2D eigenvalue weighted by Crippen LogP contribution is -2.08. The summed E-state index contributed by atoms with van der Waals surface area (Å²) in [6, 6.07) is 2.01. The highest BCUT2D eigenvalue weighted by Crippen LogP contribution is 2.32. The van der Waals surface area contributed by atoms with Crippen LogP contribution >= 0.6 is 23.1 Å². The molecule has 0 bridgehead atoms. The van der Waals surface area contributed by atoms with Crippen LogP contribution in [0.3, 0.4) is 0 Å². The van der Waals surface area contributed by atoms with Gasteiger partial charge in [-0.3, -0.25) is 0 Å². The van der Waals surface area contributed by atoms with Crippen molar-refractivity contribution in [1.82, 2.24) is 0 Å². The van der Waals surface area contributed by atoms with Gasteiger partial charge >= 0.3 is 0 Å². The first-order chi connectivity index (χ1) is 7.31. The molecule has 4 heteroatoms. The smallest absolute Gasteiger partial charge is 0.182 e. The monoisotopic (exact) mass is 240 g/mol. The van der Waals surface area contributed by atoms with Crippen LogP contribution in [0.15, 0.2) is 40.0 Å². The lowest BCUT2D eigenvalue weighted by Gasteiger charge is -2.08. The normalized spacial score (nSPS) is 26.1. The minimum atomic E-state index is -0.793. The fraction of sp³-hybridized carbons (Fsp3) is 0.273. The molecule has 1 aliphatic heterocycles. The van der Waals surface area contributed by atoms with Crippen molar-refractivity contribution < 1.29 is 9.84 Å². The molecule has 15 heavy (non-hydrogen) atoms. The van der Waals surface area contributed by atoms with Gasteiger partial charge in [0.05, 0.1) is 0 Å². The summed E-state index contributed by atoms with van der Waals surface area (Å²) >= 11 is 3.24. The molecule has 2 rings (SSSR count). The molecule has 80 valence electrons. The molecular weight excluding hydrogens is 228 g/mol. The Morgan fingerprint density at radius 3 is 3.13 bits per heavy atom. The maximum Gasteiger partial charge on any atom is 0.182 e. The van der Waals surface area contributed by atoms with Crippen molar-refractivity contribution in [2.24, 2.45) is 0 Å². The molecule has 0 saturated heterocycles. The molecule has 2 atom stereocenters. The second-order valence-corrected chi connectivity index (χ2v) is 4.69. The van der Waals surface area contributed by atoms with Gasteiger partial charge in [-0.1, -0.05) is 0 Å². The molecule has 0 aromatic carbocycles. The molecule has 0 amide bonds. The molecule has 0 aliphatic carbocycles. The minimum Gasteiger partial charge on any atom is -0.364 e. The van der Waals surface area contributed by atoms with Gasteiger partial charge in [0.1, 0.15) is 6.10 Å². The van der Waals surface area contributed by atoms with E-state index >= 15 is 0 Å². The van der Waals surface area contributed by atoms with Crippen molar-refractivity contribution in [3.05, 3.63) is 45.5 Å². The van der Waals surface area contributed by atoms with Gasteiger partial charge in [-0.05, 0) is 46.2 Å². The maximum atomic E-state index is 9.64. The van der Waals surface area contributed by atoms with Gasteiger partial charge in [0.2, 0.25) is 0 Å². The summed E-state index contributed by atoms with van der Waals surface area (Å²) in [6.07, 6.45) is 4.93.